The number of aromatic nitrogens is 2. The van der Waals surface area contributed by atoms with Crippen molar-refractivity contribution in [2.45, 2.75) is 37.1 Å². The number of sulfonamides is 1. The zero-order valence-corrected chi connectivity index (χ0v) is 21.6. The van der Waals surface area contributed by atoms with E-state index < -0.39 is 10.0 Å². The summed E-state index contributed by atoms with van der Waals surface area (Å²) in [5, 5.41) is 15.1. The summed E-state index contributed by atoms with van der Waals surface area (Å²) in [5.74, 6) is 2.02. The summed E-state index contributed by atoms with van der Waals surface area (Å²) in [6, 6.07) is 16.7. The third-order valence-corrected chi connectivity index (χ3v) is 7.64. The van der Waals surface area contributed by atoms with Crippen molar-refractivity contribution in [1.82, 2.24) is 9.97 Å². The van der Waals surface area contributed by atoms with Crippen LogP contribution in [0, 0.1) is 0 Å². The first-order valence-corrected chi connectivity index (χ1v) is 14.4. The van der Waals surface area contributed by atoms with E-state index in [2.05, 4.69) is 28.1 Å². The van der Waals surface area contributed by atoms with Crippen LogP contribution < -0.4 is 15.8 Å². The van der Waals surface area contributed by atoms with Crippen molar-refractivity contribution >= 4 is 54.9 Å². The number of hydrogen-bond donors (Lipinski definition) is 3. The topological polar surface area (TPSA) is 110 Å². The van der Waals surface area contributed by atoms with Crippen molar-refractivity contribution in [1.29, 1.82) is 0 Å². The van der Waals surface area contributed by atoms with E-state index in [0.29, 0.717) is 18.4 Å². The number of alkyl halides is 1. The maximum atomic E-state index is 11.5. The monoisotopic (exact) mass is 529 g/mol. The van der Waals surface area contributed by atoms with Crippen LogP contribution in [0.5, 0.6) is 0 Å². The van der Waals surface area contributed by atoms with Gasteiger partial charge >= 0.3 is 0 Å². The van der Waals surface area contributed by atoms with Gasteiger partial charge in [0.25, 0.3) is 0 Å². The number of rotatable bonds is 12. The van der Waals surface area contributed by atoms with E-state index in [-0.39, 0.29) is 4.90 Å². The Labute approximate surface area is 214 Å². The Bertz CT molecular complexity index is 1360. The van der Waals surface area contributed by atoms with E-state index >= 15 is 0 Å². The molecule has 0 aliphatic heterocycles. The fourth-order valence-corrected chi connectivity index (χ4v) is 5.39. The zero-order valence-electron chi connectivity index (χ0n) is 19.2. The lowest BCUT2D eigenvalue weighted by Gasteiger charge is -2.12. The van der Waals surface area contributed by atoms with Crippen LogP contribution in [0.3, 0.4) is 0 Å². The minimum absolute atomic E-state index is 0.0902. The number of anilines is 2. The molecule has 4 aromatic rings. The van der Waals surface area contributed by atoms with Gasteiger partial charge < -0.3 is 10.6 Å². The molecule has 0 spiro atoms. The fourth-order valence-electron chi connectivity index (χ4n) is 3.73. The lowest BCUT2D eigenvalue weighted by atomic mass is 10.1. The van der Waals surface area contributed by atoms with Gasteiger partial charge in [0.05, 0.1) is 10.3 Å². The Morgan fingerprint density at radius 2 is 1.66 bits per heavy atom. The van der Waals surface area contributed by atoms with Crippen LogP contribution in [-0.2, 0) is 16.6 Å². The Hall–Kier alpha value is -2.72. The van der Waals surface area contributed by atoms with Crippen molar-refractivity contribution in [2.75, 3.05) is 23.1 Å². The van der Waals surface area contributed by atoms with Gasteiger partial charge in [-0.2, -0.15) is 4.98 Å². The van der Waals surface area contributed by atoms with Crippen molar-refractivity contribution in [2.24, 2.45) is 5.14 Å². The van der Waals surface area contributed by atoms with Crippen molar-refractivity contribution < 1.29 is 8.42 Å². The summed E-state index contributed by atoms with van der Waals surface area (Å²) in [7, 11) is -3.72. The molecule has 184 valence electrons. The van der Waals surface area contributed by atoms with E-state index in [1.54, 1.807) is 23.5 Å². The van der Waals surface area contributed by atoms with E-state index in [1.807, 2.05) is 18.2 Å². The quantitative estimate of drug-likeness (QED) is 0.157. The number of halogens is 1. The Morgan fingerprint density at radius 3 is 2.37 bits per heavy atom. The highest BCUT2D eigenvalue weighted by Gasteiger charge is 2.16. The molecule has 2 aromatic carbocycles. The number of hydrogen-bond acceptors (Lipinski definition) is 7. The molecule has 0 radical (unpaired) electrons. The van der Waals surface area contributed by atoms with Gasteiger partial charge in [-0.25, -0.2) is 18.5 Å². The molecule has 0 atom stereocenters. The van der Waals surface area contributed by atoms with Gasteiger partial charge in [0.2, 0.25) is 16.0 Å². The first kappa shape index (κ1) is 25.4. The van der Waals surface area contributed by atoms with Gasteiger partial charge in [-0.3, -0.25) is 0 Å². The lowest BCUT2D eigenvalue weighted by molar-refractivity contribution is 0.598. The molecule has 0 aliphatic carbocycles. The number of nitrogens with zero attached hydrogens (tertiary/aromatic N) is 2. The van der Waals surface area contributed by atoms with Crippen LogP contribution in [0.1, 0.15) is 31.2 Å². The molecule has 4 rings (SSSR count). The predicted molar refractivity (Wildman–Crippen MR) is 146 cm³/mol. The second kappa shape index (κ2) is 11.8. The minimum Gasteiger partial charge on any atom is -0.365 e. The molecule has 7 nitrogen and oxygen atoms in total. The molecule has 35 heavy (non-hydrogen) atoms. The maximum absolute atomic E-state index is 11.5. The van der Waals surface area contributed by atoms with E-state index in [4.69, 9.17) is 26.7 Å². The SMILES string of the molecule is NS(=O)(=O)c1ccc(CNc2nc(NCCCCCCCl)nc3scc(-c4ccccc4)c23)cc1. The first-order valence-electron chi connectivity index (χ1n) is 11.5. The van der Waals surface area contributed by atoms with Crippen LogP contribution in [-0.4, -0.2) is 30.8 Å². The molecule has 0 unspecified atom stereocenters. The molecule has 0 saturated carbocycles. The van der Waals surface area contributed by atoms with E-state index in [1.165, 1.54) is 12.1 Å². The van der Waals surface area contributed by atoms with Crippen LogP contribution in [0.15, 0.2) is 64.9 Å². The fraction of sp³-hybridized carbons (Fsp3) is 0.280. The molecule has 10 heteroatoms. The number of benzene rings is 2. The number of primary sulfonamides is 1. The van der Waals surface area contributed by atoms with Gasteiger partial charge in [0.1, 0.15) is 10.6 Å². The predicted octanol–water partition coefficient (Wildman–Crippen LogP) is 5.83. The molecule has 2 aromatic heterocycles. The molecule has 0 fully saturated rings. The molecule has 0 bridgehead atoms. The second-order valence-electron chi connectivity index (χ2n) is 8.16. The van der Waals surface area contributed by atoms with Crippen molar-refractivity contribution in [3.8, 4) is 11.1 Å². The van der Waals surface area contributed by atoms with Gasteiger partial charge in [0, 0.05) is 29.9 Å². The second-order valence-corrected chi connectivity index (χ2v) is 11.0. The highest BCUT2D eigenvalue weighted by molar-refractivity contribution is 7.89. The Balaban J connectivity index is 1.58. The number of thiophene rings is 1. The van der Waals surface area contributed by atoms with Crippen LogP contribution in [0.25, 0.3) is 21.3 Å². The molecular formula is C25H28ClN5O2S2. The van der Waals surface area contributed by atoms with Crippen LogP contribution in [0.4, 0.5) is 11.8 Å². The summed E-state index contributed by atoms with van der Waals surface area (Å²) in [5.41, 5.74) is 3.09. The third kappa shape index (κ3) is 6.70. The number of nitrogens with two attached hydrogens (primary N) is 1. The molecule has 4 N–H and O–H groups in total. The van der Waals surface area contributed by atoms with Gasteiger partial charge in [-0.05, 0) is 36.1 Å². The lowest BCUT2D eigenvalue weighted by Crippen LogP contribution is -2.12. The zero-order chi connectivity index (χ0) is 24.7. The molecule has 0 aliphatic rings. The summed E-state index contributed by atoms with van der Waals surface area (Å²) < 4.78 is 23.1. The van der Waals surface area contributed by atoms with Gasteiger partial charge in [0.15, 0.2) is 0 Å². The first-order chi connectivity index (χ1) is 17.0. The standard InChI is InChI=1S/C25H28ClN5O2S2/c26-14-6-1-2-7-15-28-25-30-23(29-16-18-10-12-20(13-11-18)35(27,32)33)22-21(17-34-24(22)31-25)19-8-4-3-5-9-19/h3-5,8-13,17H,1-2,6-7,14-16H2,(H2,27,32,33)(H2,28,29,30,31). The van der Waals surface area contributed by atoms with Crippen LogP contribution in [0.2, 0.25) is 0 Å². The number of fused-ring (bicyclic) bond motifs is 1. The minimum atomic E-state index is -3.72. The van der Waals surface area contributed by atoms with Gasteiger partial charge in [-0.1, -0.05) is 55.3 Å². The highest BCUT2D eigenvalue weighted by Crippen LogP contribution is 2.37. The molecule has 2 heterocycles. The Kier molecular flexibility index (Phi) is 8.56. The van der Waals surface area contributed by atoms with E-state index in [0.717, 1.165) is 65.0 Å². The summed E-state index contributed by atoms with van der Waals surface area (Å²) in [4.78, 5) is 10.6. The third-order valence-electron chi connectivity index (χ3n) is 5.57. The normalized spacial score (nSPS) is 11.6. The molecule has 0 amide bonds. The molecule has 0 saturated heterocycles. The van der Waals surface area contributed by atoms with Gasteiger partial charge in [-0.15, -0.1) is 22.9 Å². The number of unbranched alkanes of at least 4 members (excludes halogenated alkanes) is 3. The average Bonchev–Trinajstić information content (AvgIpc) is 3.29. The Morgan fingerprint density at radius 1 is 0.914 bits per heavy atom. The number of nitrogens with one attached hydrogen (secondary N) is 2. The van der Waals surface area contributed by atoms with Crippen molar-refractivity contribution in [3.05, 3.63) is 65.5 Å². The molecular weight excluding hydrogens is 502 g/mol. The van der Waals surface area contributed by atoms with Crippen LogP contribution >= 0.6 is 22.9 Å². The smallest absolute Gasteiger partial charge is 0.238 e. The largest absolute Gasteiger partial charge is 0.365 e. The van der Waals surface area contributed by atoms with E-state index in [9.17, 15) is 8.42 Å². The summed E-state index contributed by atoms with van der Waals surface area (Å²) in [6.45, 7) is 1.26. The average molecular weight is 530 g/mol. The summed E-state index contributed by atoms with van der Waals surface area (Å²) in [6.07, 6.45) is 4.29. The highest BCUT2D eigenvalue weighted by atomic mass is 35.5. The maximum Gasteiger partial charge on any atom is 0.238 e. The summed E-state index contributed by atoms with van der Waals surface area (Å²) >= 11 is 7.34. The van der Waals surface area contributed by atoms with Crippen molar-refractivity contribution in [3.63, 3.8) is 0 Å².